The summed E-state index contributed by atoms with van der Waals surface area (Å²) in [4.78, 5) is 36.1. The summed E-state index contributed by atoms with van der Waals surface area (Å²) in [6.45, 7) is 0.267. The van der Waals surface area contributed by atoms with E-state index in [2.05, 4.69) is 30.5 Å². The zero-order chi connectivity index (χ0) is 25.5. The van der Waals surface area contributed by atoms with Gasteiger partial charge in [0.25, 0.3) is 0 Å². The standard InChI is InChI=1S/C25H20FN9OS/c1-35(2)12-21(36)29-14-7-13(8-27-9-14)16-3-4-17-23(30-16)24(34-33-17)25-31-18-11-28-10-15(22(18)32-25)19-5-6-20(26)37-19/h3-11H,12H2,1-2H3,(H,29,36)(H,31,32)(H,33,34). The molecule has 0 atom stereocenters. The highest BCUT2D eigenvalue weighted by Crippen LogP contribution is 2.34. The van der Waals surface area contributed by atoms with Crippen LogP contribution in [0.5, 0.6) is 0 Å². The smallest absolute Gasteiger partial charge is 0.238 e. The van der Waals surface area contributed by atoms with E-state index in [0.717, 1.165) is 32.9 Å². The Morgan fingerprint density at radius 2 is 1.89 bits per heavy atom. The minimum absolute atomic E-state index is 0.131. The van der Waals surface area contributed by atoms with Crippen LogP contribution in [-0.4, -0.2) is 66.6 Å². The van der Waals surface area contributed by atoms with Gasteiger partial charge in [-0.1, -0.05) is 0 Å². The van der Waals surface area contributed by atoms with Gasteiger partial charge in [-0.15, -0.1) is 11.3 Å². The Bertz CT molecular complexity index is 1770. The first kappa shape index (κ1) is 22.9. The van der Waals surface area contributed by atoms with Gasteiger partial charge in [0, 0.05) is 28.4 Å². The van der Waals surface area contributed by atoms with Crippen LogP contribution in [0, 0.1) is 5.13 Å². The molecule has 0 aliphatic rings. The molecule has 0 unspecified atom stereocenters. The van der Waals surface area contributed by atoms with Gasteiger partial charge >= 0.3 is 0 Å². The predicted octanol–water partition coefficient (Wildman–Crippen LogP) is 4.33. The van der Waals surface area contributed by atoms with Crippen molar-refractivity contribution in [3.05, 3.63) is 60.3 Å². The minimum atomic E-state index is -0.270. The molecule has 0 bridgehead atoms. The molecular formula is C25H20FN9OS. The highest BCUT2D eigenvalue weighted by Gasteiger charge is 2.18. The molecule has 6 heterocycles. The molecule has 0 radical (unpaired) electrons. The SMILES string of the molecule is CN(C)CC(=O)Nc1cncc(-c2ccc3[nH]nc(-c4nc5c(-c6ccc(F)s6)cncc5[nH]4)c3n2)c1. The first-order chi connectivity index (χ1) is 17.9. The summed E-state index contributed by atoms with van der Waals surface area (Å²) in [6, 6.07) is 8.71. The van der Waals surface area contributed by atoms with Crippen molar-refractivity contribution in [1.29, 1.82) is 0 Å². The third-order valence-electron chi connectivity index (χ3n) is 5.64. The van der Waals surface area contributed by atoms with Crippen molar-refractivity contribution in [3.63, 3.8) is 0 Å². The third-order valence-corrected chi connectivity index (χ3v) is 6.55. The monoisotopic (exact) mass is 513 g/mol. The van der Waals surface area contributed by atoms with E-state index in [4.69, 9.17) is 9.97 Å². The number of aromatic amines is 2. The number of rotatable bonds is 6. The summed E-state index contributed by atoms with van der Waals surface area (Å²) in [5.41, 5.74) is 6.01. The number of likely N-dealkylation sites (N-methyl/N-ethyl adjacent to an activating group) is 1. The van der Waals surface area contributed by atoms with Gasteiger partial charge in [-0.2, -0.15) is 9.49 Å². The van der Waals surface area contributed by atoms with Crippen LogP contribution in [0.3, 0.4) is 0 Å². The first-order valence-corrected chi connectivity index (χ1v) is 12.1. The fourth-order valence-electron chi connectivity index (χ4n) is 4.05. The number of fused-ring (bicyclic) bond motifs is 2. The zero-order valence-electron chi connectivity index (χ0n) is 19.8. The van der Waals surface area contributed by atoms with Crippen LogP contribution in [0.15, 0.2) is 55.1 Å². The number of nitrogens with one attached hydrogen (secondary N) is 3. The summed E-state index contributed by atoms with van der Waals surface area (Å²) < 4.78 is 13.7. The number of pyridine rings is 3. The summed E-state index contributed by atoms with van der Waals surface area (Å²) in [5.74, 6) is 0.383. The number of hydrogen-bond donors (Lipinski definition) is 3. The molecule has 12 heteroatoms. The molecule has 6 aromatic rings. The Morgan fingerprint density at radius 3 is 2.70 bits per heavy atom. The second kappa shape index (κ2) is 9.15. The molecule has 184 valence electrons. The largest absolute Gasteiger partial charge is 0.335 e. The number of hydrogen-bond acceptors (Lipinski definition) is 8. The van der Waals surface area contributed by atoms with Crippen molar-refractivity contribution < 1.29 is 9.18 Å². The molecule has 10 nitrogen and oxygen atoms in total. The van der Waals surface area contributed by atoms with E-state index < -0.39 is 0 Å². The normalized spacial score (nSPS) is 11.6. The van der Waals surface area contributed by atoms with Gasteiger partial charge in [0.15, 0.2) is 16.6 Å². The van der Waals surface area contributed by atoms with Crippen molar-refractivity contribution in [3.8, 4) is 33.2 Å². The van der Waals surface area contributed by atoms with Gasteiger partial charge in [0.2, 0.25) is 5.91 Å². The Kier molecular flexibility index (Phi) is 5.66. The second-order valence-corrected chi connectivity index (χ2v) is 9.72. The number of carbonyl (C=O) groups is 1. The van der Waals surface area contributed by atoms with E-state index in [1.54, 1.807) is 35.8 Å². The maximum atomic E-state index is 13.7. The maximum absolute atomic E-state index is 13.7. The number of aromatic nitrogens is 7. The quantitative estimate of drug-likeness (QED) is 0.302. The molecule has 6 aromatic heterocycles. The van der Waals surface area contributed by atoms with E-state index in [1.807, 2.05) is 32.3 Å². The number of halogens is 1. The van der Waals surface area contributed by atoms with Crippen LogP contribution >= 0.6 is 11.3 Å². The molecule has 0 aliphatic heterocycles. The molecule has 0 saturated carbocycles. The molecule has 0 aromatic carbocycles. The van der Waals surface area contributed by atoms with Crippen molar-refractivity contribution >= 4 is 45.0 Å². The highest BCUT2D eigenvalue weighted by atomic mass is 32.1. The average Bonchev–Trinajstić information content (AvgIpc) is 3.60. The maximum Gasteiger partial charge on any atom is 0.238 e. The Balaban J connectivity index is 1.38. The Hall–Kier alpha value is -4.55. The van der Waals surface area contributed by atoms with Crippen molar-refractivity contribution in [2.75, 3.05) is 26.0 Å². The van der Waals surface area contributed by atoms with Gasteiger partial charge in [0.05, 0.1) is 41.4 Å². The van der Waals surface area contributed by atoms with Gasteiger partial charge in [-0.25, -0.2) is 9.97 Å². The van der Waals surface area contributed by atoms with E-state index >= 15 is 0 Å². The van der Waals surface area contributed by atoms with Crippen LogP contribution in [0.1, 0.15) is 0 Å². The van der Waals surface area contributed by atoms with Gasteiger partial charge in [-0.3, -0.25) is 19.9 Å². The van der Waals surface area contributed by atoms with E-state index in [9.17, 15) is 9.18 Å². The number of thiophene rings is 1. The summed E-state index contributed by atoms with van der Waals surface area (Å²) in [7, 11) is 3.66. The van der Waals surface area contributed by atoms with Gasteiger partial charge in [0.1, 0.15) is 11.0 Å². The van der Waals surface area contributed by atoms with Crippen LogP contribution in [0.4, 0.5) is 10.1 Å². The fraction of sp³-hybridized carbons (Fsp3) is 0.120. The molecule has 0 aliphatic carbocycles. The lowest BCUT2D eigenvalue weighted by Gasteiger charge is -2.10. The molecule has 0 saturated heterocycles. The fourth-order valence-corrected chi connectivity index (χ4v) is 4.79. The number of amides is 1. The Morgan fingerprint density at radius 1 is 1.03 bits per heavy atom. The number of carbonyl (C=O) groups excluding carboxylic acids is 1. The van der Waals surface area contributed by atoms with Gasteiger partial charge in [-0.05, 0) is 44.4 Å². The summed E-state index contributed by atoms with van der Waals surface area (Å²) in [5, 5.41) is 10.0. The average molecular weight is 514 g/mol. The molecule has 3 N–H and O–H groups in total. The predicted molar refractivity (Wildman–Crippen MR) is 140 cm³/mol. The van der Waals surface area contributed by atoms with E-state index in [0.29, 0.717) is 39.4 Å². The van der Waals surface area contributed by atoms with Crippen LogP contribution in [-0.2, 0) is 4.79 Å². The van der Waals surface area contributed by atoms with E-state index in [1.165, 1.54) is 6.07 Å². The number of H-pyrrole nitrogens is 2. The third kappa shape index (κ3) is 4.43. The van der Waals surface area contributed by atoms with Crippen LogP contribution < -0.4 is 5.32 Å². The molecule has 37 heavy (non-hydrogen) atoms. The van der Waals surface area contributed by atoms with Crippen LogP contribution in [0.25, 0.3) is 55.3 Å². The molecule has 1 amide bonds. The van der Waals surface area contributed by atoms with Crippen LogP contribution in [0.2, 0.25) is 0 Å². The zero-order valence-corrected chi connectivity index (χ0v) is 20.6. The summed E-state index contributed by atoms with van der Waals surface area (Å²) >= 11 is 1.04. The molecule has 0 spiro atoms. The second-order valence-electron chi connectivity index (χ2n) is 8.69. The number of anilines is 1. The minimum Gasteiger partial charge on any atom is -0.335 e. The molecule has 0 fully saturated rings. The topological polar surface area (TPSA) is 128 Å². The van der Waals surface area contributed by atoms with Crippen molar-refractivity contribution in [1.82, 2.24) is 40.0 Å². The lowest BCUT2D eigenvalue weighted by Crippen LogP contribution is -2.27. The molecular weight excluding hydrogens is 493 g/mol. The molecule has 6 rings (SSSR count). The highest BCUT2D eigenvalue weighted by molar-refractivity contribution is 7.14. The van der Waals surface area contributed by atoms with Crippen molar-refractivity contribution in [2.45, 2.75) is 0 Å². The van der Waals surface area contributed by atoms with Crippen molar-refractivity contribution in [2.24, 2.45) is 0 Å². The number of imidazole rings is 1. The lowest BCUT2D eigenvalue weighted by atomic mass is 10.1. The number of nitrogens with zero attached hydrogens (tertiary/aromatic N) is 6. The first-order valence-electron chi connectivity index (χ1n) is 11.3. The Labute approximate surface area is 213 Å². The van der Waals surface area contributed by atoms with Gasteiger partial charge < -0.3 is 15.2 Å². The van der Waals surface area contributed by atoms with E-state index in [-0.39, 0.29) is 17.6 Å². The lowest BCUT2D eigenvalue weighted by molar-refractivity contribution is -0.116. The summed E-state index contributed by atoms with van der Waals surface area (Å²) in [6.07, 6.45) is 6.64.